The van der Waals surface area contributed by atoms with Crippen LogP contribution >= 0.6 is 0 Å². The summed E-state index contributed by atoms with van der Waals surface area (Å²) in [5, 5.41) is 8.21. The number of urea groups is 1. The van der Waals surface area contributed by atoms with E-state index in [1.165, 1.54) is 0 Å². The van der Waals surface area contributed by atoms with E-state index in [1.54, 1.807) is 7.11 Å². The molecule has 7 nitrogen and oxygen atoms in total. The maximum Gasteiger partial charge on any atom is 0.317 e. The molecule has 3 heterocycles. The number of rotatable bonds is 4. The Kier molecular flexibility index (Phi) is 4.28. The first-order valence-electron chi connectivity index (χ1n) is 8.73. The van der Waals surface area contributed by atoms with Crippen LogP contribution in [-0.2, 0) is 6.54 Å². The van der Waals surface area contributed by atoms with E-state index in [4.69, 9.17) is 9.15 Å². The van der Waals surface area contributed by atoms with E-state index in [0.717, 1.165) is 23.0 Å². The minimum absolute atomic E-state index is 0.0983. The first kappa shape index (κ1) is 16.5. The summed E-state index contributed by atoms with van der Waals surface area (Å²) in [7, 11) is 1.61. The maximum absolute atomic E-state index is 12.5. The fourth-order valence-corrected chi connectivity index (χ4v) is 3.46. The van der Waals surface area contributed by atoms with Gasteiger partial charge in [0.25, 0.3) is 0 Å². The van der Waals surface area contributed by atoms with Gasteiger partial charge in [-0.25, -0.2) is 4.79 Å². The van der Waals surface area contributed by atoms with Gasteiger partial charge in [-0.05, 0) is 31.0 Å². The number of hydrogen-bond acceptors (Lipinski definition) is 4. The molecule has 0 spiro atoms. The molecule has 3 aromatic rings. The first-order chi connectivity index (χ1) is 12.7. The third-order valence-electron chi connectivity index (χ3n) is 4.78. The zero-order valence-electron chi connectivity index (χ0n) is 14.9. The highest BCUT2D eigenvalue weighted by molar-refractivity contribution is 5.85. The van der Waals surface area contributed by atoms with E-state index in [0.29, 0.717) is 31.1 Å². The van der Waals surface area contributed by atoms with Crippen LogP contribution in [0.1, 0.15) is 23.8 Å². The summed E-state index contributed by atoms with van der Waals surface area (Å²) in [5.74, 6) is 1.30. The topological polar surface area (TPSA) is 72.5 Å². The highest BCUT2D eigenvalue weighted by Crippen LogP contribution is 2.32. The largest absolute Gasteiger partial charge is 0.492 e. The lowest BCUT2D eigenvalue weighted by atomic mass is 10.2. The van der Waals surface area contributed by atoms with E-state index >= 15 is 0 Å². The van der Waals surface area contributed by atoms with Crippen LogP contribution in [0.4, 0.5) is 4.79 Å². The predicted octanol–water partition coefficient (Wildman–Crippen LogP) is 3.10. The predicted molar refractivity (Wildman–Crippen MR) is 97.2 cm³/mol. The van der Waals surface area contributed by atoms with Crippen LogP contribution in [0.2, 0.25) is 0 Å². The van der Waals surface area contributed by atoms with Crippen molar-refractivity contribution in [2.45, 2.75) is 25.9 Å². The van der Waals surface area contributed by atoms with E-state index in [1.807, 2.05) is 53.2 Å². The third-order valence-corrected chi connectivity index (χ3v) is 4.78. The number of methoxy groups -OCH3 is 1. The number of para-hydroxylation sites is 1. The van der Waals surface area contributed by atoms with E-state index in [-0.39, 0.29) is 12.1 Å². The number of fused-ring (bicyclic) bond motifs is 1. The molecule has 7 heteroatoms. The highest BCUT2D eigenvalue weighted by atomic mass is 16.5. The Morgan fingerprint density at radius 1 is 1.42 bits per heavy atom. The number of ether oxygens (including phenoxy) is 1. The van der Waals surface area contributed by atoms with Gasteiger partial charge in [0, 0.05) is 19.3 Å². The lowest BCUT2D eigenvalue weighted by molar-refractivity contribution is 0.205. The number of furan rings is 1. The Labute approximate surface area is 151 Å². The lowest BCUT2D eigenvalue weighted by Gasteiger charge is -2.17. The van der Waals surface area contributed by atoms with Crippen LogP contribution < -0.4 is 10.1 Å². The van der Waals surface area contributed by atoms with Crippen LogP contribution in [0.5, 0.6) is 5.75 Å². The molecule has 4 rings (SSSR count). The van der Waals surface area contributed by atoms with Crippen LogP contribution in [0.3, 0.4) is 0 Å². The van der Waals surface area contributed by atoms with Crippen molar-refractivity contribution in [2.75, 3.05) is 20.2 Å². The SMILES string of the molecule is COc1c(CNC(=O)N2CCC(n3cc(C)cn3)C2)oc2ccccc12. The normalized spacial score (nSPS) is 17.0. The Hall–Kier alpha value is -2.96. The molecule has 0 bridgehead atoms. The molecule has 0 radical (unpaired) electrons. The molecule has 26 heavy (non-hydrogen) atoms. The van der Waals surface area contributed by atoms with Gasteiger partial charge in [-0.15, -0.1) is 0 Å². The average Bonchev–Trinajstić information content (AvgIpc) is 3.36. The minimum Gasteiger partial charge on any atom is -0.492 e. The Bertz CT molecular complexity index is 930. The van der Waals surface area contributed by atoms with Gasteiger partial charge < -0.3 is 19.4 Å². The molecule has 1 fully saturated rings. The summed E-state index contributed by atoms with van der Waals surface area (Å²) in [6.45, 7) is 3.68. The van der Waals surface area contributed by atoms with Gasteiger partial charge >= 0.3 is 6.03 Å². The standard InChI is InChI=1S/C19H22N4O3/c1-13-9-21-23(11-13)14-7-8-22(12-14)19(24)20-10-17-18(25-2)15-5-3-4-6-16(15)26-17/h3-6,9,11,14H,7-8,10,12H2,1-2H3,(H,20,24). The van der Waals surface area contributed by atoms with E-state index < -0.39 is 0 Å². The number of aromatic nitrogens is 2. The summed E-state index contributed by atoms with van der Waals surface area (Å²) in [4.78, 5) is 14.3. The van der Waals surface area contributed by atoms with Crippen LogP contribution in [0, 0.1) is 6.92 Å². The molecule has 1 aliphatic rings. The molecule has 1 atom stereocenters. The second kappa shape index (κ2) is 6.74. The number of likely N-dealkylation sites (tertiary alicyclic amines) is 1. The number of aryl methyl sites for hydroxylation is 1. The Morgan fingerprint density at radius 2 is 2.27 bits per heavy atom. The second-order valence-corrected chi connectivity index (χ2v) is 6.60. The van der Waals surface area contributed by atoms with Gasteiger partial charge in [-0.2, -0.15) is 5.10 Å². The summed E-state index contributed by atoms with van der Waals surface area (Å²) in [5.41, 5.74) is 1.88. The number of benzene rings is 1. The first-order valence-corrected chi connectivity index (χ1v) is 8.73. The van der Waals surface area contributed by atoms with Crippen LogP contribution in [0.15, 0.2) is 41.1 Å². The summed E-state index contributed by atoms with van der Waals surface area (Å²) in [6, 6.07) is 7.81. The number of nitrogens with zero attached hydrogens (tertiary/aromatic N) is 3. The van der Waals surface area contributed by atoms with Crippen molar-refractivity contribution < 1.29 is 13.9 Å². The van der Waals surface area contributed by atoms with Gasteiger partial charge in [0.15, 0.2) is 11.5 Å². The molecule has 0 saturated carbocycles. The van der Waals surface area contributed by atoms with E-state index in [9.17, 15) is 4.79 Å². The molecular weight excluding hydrogens is 332 g/mol. The van der Waals surface area contributed by atoms with Crippen molar-refractivity contribution >= 4 is 17.0 Å². The number of hydrogen-bond donors (Lipinski definition) is 1. The summed E-state index contributed by atoms with van der Waals surface area (Å²) >= 11 is 0. The van der Waals surface area contributed by atoms with Crippen molar-refractivity contribution in [3.8, 4) is 5.75 Å². The van der Waals surface area contributed by atoms with Crippen molar-refractivity contribution in [3.63, 3.8) is 0 Å². The third kappa shape index (κ3) is 3.00. The molecule has 136 valence electrons. The summed E-state index contributed by atoms with van der Waals surface area (Å²) in [6.07, 6.45) is 4.77. The number of nitrogens with one attached hydrogen (secondary N) is 1. The zero-order chi connectivity index (χ0) is 18.1. The smallest absolute Gasteiger partial charge is 0.317 e. The van der Waals surface area contributed by atoms with Gasteiger partial charge in [-0.1, -0.05) is 12.1 Å². The fourth-order valence-electron chi connectivity index (χ4n) is 3.46. The average molecular weight is 354 g/mol. The minimum atomic E-state index is -0.0983. The molecular formula is C19H22N4O3. The van der Waals surface area contributed by atoms with Crippen LogP contribution in [-0.4, -0.2) is 40.9 Å². The Balaban J connectivity index is 1.40. The molecule has 1 unspecified atom stereocenters. The molecule has 1 saturated heterocycles. The quantitative estimate of drug-likeness (QED) is 0.781. The molecule has 2 amide bonds. The highest BCUT2D eigenvalue weighted by Gasteiger charge is 2.28. The van der Waals surface area contributed by atoms with Crippen LogP contribution in [0.25, 0.3) is 11.0 Å². The van der Waals surface area contributed by atoms with Crippen molar-refractivity contribution in [3.05, 3.63) is 48.0 Å². The molecule has 0 aliphatic carbocycles. The molecule has 2 aromatic heterocycles. The number of carbonyl (C=O) groups is 1. The number of carbonyl (C=O) groups excluding carboxylic acids is 1. The van der Waals surface area contributed by atoms with Crippen molar-refractivity contribution in [1.82, 2.24) is 20.0 Å². The fraction of sp³-hybridized carbons (Fsp3) is 0.368. The summed E-state index contributed by atoms with van der Waals surface area (Å²) < 4.78 is 13.2. The maximum atomic E-state index is 12.5. The molecule has 1 N–H and O–H groups in total. The monoisotopic (exact) mass is 354 g/mol. The van der Waals surface area contributed by atoms with E-state index in [2.05, 4.69) is 10.4 Å². The number of amides is 2. The van der Waals surface area contributed by atoms with Gasteiger partial charge in [-0.3, -0.25) is 4.68 Å². The van der Waals surface area contributed by atoms with Gasteiger partial charge in [0.2, 0.25) is 0 Å². The van der Waals surface area contributed by atoms with Gasteiger partial charge in [0.1, 0.15) is 5.58 Å². The molecule has 1 aromatic carbocycles. The lowest BCUT2D eigenvalue weighted by Crippen LogP contribution is -2.38. The van der Waals surface area contributed by atoms with Crippen molar-refractivity contribution in [2.24, 2.45) is 0 Å². The zero-order valence-corrected chi connectivity index (χ0v) is 14.9. The van der Waals surface area contributed by atoms with Crippen molar-refractivity contribution in [1.29, 1.82) is 0 Å². The van der Waals surface area contributed by atoms with Gasteiger partial charge in [0.05, 0.1) is 31.3 Å². The second-order valence-electron chi connectivity index (χ2n) is 6.60. The molecule has 1 aliphatic heterocycles. The Morgan fingerprint density at radius 3 is 3.04 bits per heavy atom.